The summed E-state index contributed by atoms with van der Waals surface area (Å²) in [5.41, 5.74) is 0.777. The number of amides is 1. The molecule has 0 radical (unpaired) electrons. The topological polar surface area (TPSA) is 83.1 Å². The lowest BCUT2D eigenvalue weighted by Crippen LogP contribution is -2.34. The van der Waals surface area contributed by atoms with E-state index in [1.165, 1.54) is 6.08 Å². The molecule has 2 aliphatic rings. The maximum absolute atomic E-state index is 11.6. The van der Waals surface area contributed by atoms with Crippen molar-refractivity contribution in [3.63, 3.8) is 0 Å². The van der Waals surface area contributed by atoms with Gasteiger partial charge in [-0.15, -0.1) is 0 Å². The summed E-state index contributed by atoms with van der Waals surface area (Å²) in [4.78, 5) is 23.3. The predicted octanol–water partition coefficient (Wildman–Crippen LogP) is 1.27. The van der Waals surface area contributed by atoms with Gasteiger partial charge in [-0.2, -0.15) is 0 Å². The maximum atomic E-state index is 11.6. The van der Waals surface area contributed by atoms with Gasteiger partial charge in [0.2, 0.25) is 6.79 Å². The largest absolute Gasteiger partial charge is 0.454 e. The van der Waals surface area contributed by atoms with Gasteiger partial charge in [0.25, 0.3) is 5.91 Å². The molecule has 3 rings (SSSR count). The summed E-state index contributed by atoms with van der Waals surface area (Å²) in [6.07, 6.45) is 4.88. The molecule has 1 atom stereocenters. The molecule has 1 fully saturated rings. The van der Waals surface area contributed by atoms with Gasteiger partial charge in [-0.3, -0.25) is 4.79 Å². The van der Waals surface area contributed by atoms with E-state index in [4.69, 9.17) is 18.9 Å². The monoisotopic (exact) mass is 333 g/mol. The molecule has 2 heterocycles. The first-order valence-corrected chi connectivity index (χ1v) is 7.83. The van der Waals surface area contributed by atoms with Gasteiger partial charge in [-0.25, -0.2) is 4.79 Å². The zero-order valence-electron chi connectivity index (χ0n) is 13.2. The number of benzene rings is 1. The Hall–Kier alpha value is -2.54. The molecule has 0 unspecified atom stereocenters. The van der Waals surface area contributed by atoms with Crippen LogP contribution < -0.4 is 14.8 Å². The Labute approximate surface area is 139 Å². The molecular formula is C17H19NO6. The summed E-state index contributed by atoms with van der Waals surface area (Å²) >= 11 is 0. The van der Waals surface area contributed by atoms with Crippen LogP contribution in [0.2, 0.25) is 0 Å². The number of ether oxygens (including phenoxy) is 4. The van der Waals surface area contributed by atoms with Crippen molar-refractivity contribution in [1.82, 2.24) is 5.32 Å². The molecule has 0 bridgehead atoms. The molecule has 0 saturated carbocycles. The second-order valence-electron chi connectivity index (χ2n) is 5.49. The van der Waals surface area contributed by atoms with Gasteiger partial charge in [0.15, 0.2) is 18.1 Å². The summed E-state index contributed by atoms with van der Waals surface area (Å²) in [5, 5.41) is 2.69. The van der Waals surface area contributed by atoms with E-state index in [1.54, 1.807) is 24.3 Å². The van der Waals surface area contributed by atoms with Crippen LogP contribution in [-0.4, -0.2) is 44.5 Å². The minimum atomic E-state index is -0.583. The Morgan fingerprint density at radius 3 is 3.00 bits per heavy atom. The number of rotatable bonds is 6. The number of fused-ring (bicyclic) bond motifs is 1. The average Bonchev–Trinajstić information content (AvgIpc) is 3.26. The predicted molar refractivity (Wildman–Crippen MR) is 84.5 cm³/mol. The first kappa shape index (κ1) is 16.3. The zero-order valence-corrected chi connectivity index (χ0v) is 13.2. The molecule has 7 nitrogen and oxygen atoms in total. The van der Waals surface area contributed by atoms with Crippen molar-refractivity contribution >= 4 is 18.0 Å². The summed E-state index contributed by atoms with van der Waals surface area (Å²) in [6, 6.07) is 5.33. The lowest BCUT2D eigenvalue weighted by molar-refractivity contribution is -0.143. The molecule has 0 spiro atoms. The van der Waals surface area contributed by atoms with E-state index in [0.29, 0.717) is 18.0 Å². The second kappa shape index (κ2) is 7.83. The molecule has 1 aromatic rings. The fraction of sp³-hybridized carbons (Fsp3) is 0.412. The van der Waals surface area contributed by atoms with Gasteiger partial charge in [0.1, 0.15) is 0 Å². The van der Waals surface area contributed by atoms with Crippen LogP contribution in [0.1, 0.15) is 18.4 Å². The highest BCUT2D eigenvalue weighted by molar-refractivity contribution is 5.89. The summed E-state index contributed by atoms with van der Waals surface area (Å²) in [6.45, 7) is 1.08. The molecule has 2 aliphatic heterocycles. The molecule has 1 saturated heterocycles. The van der Waals surface area contributed by atoms with Crippen LogP contribution in [0.4, 0.5) is 0 Å². The molecule has 1 aromatic carbocycles. The molecule has 0 aliphatic carbocycles. The molecular weight excluding hydrogens is 314 g/mol. The van der Waals surface area contributed by atoms with Gasteiger partial charge >= 0.3 is 5.97 Å². The minimum Gasteiger partial charge on any atom is -0.454 e. The highest BCUT2D eigenvalue weighted by atomic mass is 16.7. The number of carbonyl (C=O) groups is 2. The highest BCUT2D eigenvalue weighted by Gasteiger charge is 2.16. The number of hydrogen-bond donors (Lipinski definition) is 1. The first-order chi connectivity index (χ1) is 11.7. The van der Waals surface area contributed by atoms with E-state index < -0.39 is 5.97 Å². The summed E-state index contributed by atoms with van der Waals surface area (Å²) < 4.78 is 20.8. The van der Waals surface area contributed by atoms with Crippen LogP contribution in [0.15, 0.2) is 24.3 Å². The average molecular weight is 333 g/mol. The van der Waals surface area contributed by atoms with E-state index in [-0.39, 0.29) is 25.4 Å². The number of esters is 1. The number of carbonyl (C=O) groups excluding carboxylic acids is 2. The molecule has 24 heavy (non-hydrogen) atoms. The zero-order chi connectivity index (χ0) is 16.8. The Morgan fingerprint density at radius 1 is 1.29 bits per heavy atom. The van der Waals surface area contributed by atoms with E-state index in [9.17, 15) is 9.59 Å². The second-order valence-corrected chi connectivity index (χ2v) is 5.49. The Bertz CT molecular complexity index is 636. The quantitative estimate of drug-likeness (QED) is 0.623. The Morgan fingerprint density at radius 2 is 2.17 bits per heavy atom. The molecule has 7 heteroatoms. The third-order valence-electron chi connectivity index (χ3n) is 3.70. The van der Waals surface area contributed by atoms with Crippen LogP contribution in [0.3, 0.4) is 0 Å². The number of nitrogens with one attached hydrogen (secondary N) is 1. The van der Waals surface area contributed by atoms with E-state index in [2.05, 4.69) is 5.32 Å². The SMILES string of the molecule is O=C(COC(=O)/C=C/c1ccc2c(c1)OCO2)NC[C@H]1CCCO1. The van der Waals surface area contributed by atoms with Crippen molar-refractivity contribution in [3.05, 3.63) is 29.8 Å². The summed E-state index contributed by atoms with van der Waals surface area (Å²) in [7, 11) is 0. The lowest BCUT2D eigenvalue weighted by atomic mass is 10.2. The lowest BCUT2D eigenvalue weighted by Gasteiger charge is -2.10. The minimum absolute atomic E-state index is 0.0653. The Balaban J connectivity index is 1.39. The fourth-order valence-electron chi connectivity index (χ4n) is 2.45. The first-order valence-electron chi connectivity index (χ1n) is 7.83. The van der Waals surface area contributed by atoms with Crippen molar-refractivity contribution in [3.8, 4) is 11.5 Å². The molecule has 1 amide bonds. The fourth-order valence-corrected chi connectivity index (χ4v) is 2.45. The van der Waals surface area contributed by atoms with Crippen LogP contribution in [0.5, 0.6) is 11.5 Å². The maximum Gasteiger partial charge on any atom is 0.331 e. The highest BCUT2D eigenvalue weighted by Crippen LogP contribution is 2.32. The van der Waals surface area contributed by atoms with Crippen molar-refractivity contribution in [2.24, 2.45) is 0 Å². The van der Waals surface area contributed by atoms with Crippen molar-refractivity contribution in [2.45, 2.75) is 18.9 Å². The third kappa shape index (κ3) is 4.48. The molecule has 1 N–H and O–H groups in total. The van der Waals surface area contributed by atoms with E-state index in [1.807, 2.05) is 0 Å². The van der Waals surface area contributed by atoms with Gasteiger partial charge in [-0.05, 0) is 36.6 Å². The Kier molecular flexibility index (Phi) is 5.32. The van der Waals surface area contributed by atoms with E-state index >= 15 is 0 Å². The van der Waals surface area contributed by atoms with Crippen LogP contribution >= 0.6 is 0 Å². The third-order valence-corrected chi connectivity index (χ3v) is 3.70. The van der Waals surface area contributed by atoms with Crippen LogP contribution in [0.25, 0.3) is 6.08 Å². The normalized spacial score (nSPS) is 18.8. The number of hydrogen-bond acceptors (Lipinski definition) is 6. The van der Waals surface area contributed by atoms with Crippen molar-refractivity contribution in [2.75, 3.05) is 26.6 Å². The van der Waals surface area contributed by atoms with Crippen molar-refractivity contribution < 1.29 is 28.5 Å². The van der Waals surface area contributed by atoms with Crippen LogP contribution in [0, 0.1) is 0 Å². The summed E-state index contributed by atoms with van der Waals surface area (Å²) in [5.74, 6) is 0.395. The molecule has 0 aromatic heterocycles. The molecule has 128 valence electrons. The van der Waals surface area contributed by atoms with Crippen LogP contribution in [-0.2, 0) is 19.1 Å². The van der Waals surface area contributed by atoms with Gasteiger partial charge in [0, 0.05) is 19.2 Å². The van der Waals surface area contributed by atoms with Gasteiger partial charge < -0.3 is 24.3 Å². The van der Waals surface area contributed by atoms with Crippen molar-refractivity contribution in [1.29, 1.82) is 0 Å². The van der Waals surface area contributed by atoms with E-state index in [0.717, 1.165) is 25.0 Å². The standard InChI is InChI=1S/C17H19NO6/c19-16(18-9-13-2-1-7-21-13)10-22-17(20)6-4-12-3-5-14-15(8-12)24-11-23-14/h3-6,8,13H,1-2,7,9-11H2,(H,18,19)/b6-4+/t13-/m1/s1. The van der Waals surface area contributed by atoms with Gasteiger partial charge in [0.05, 0.1) is 6.10 Å². The smallest absolute Gasteiger partial charge is 0.331 e. The van der Waals surface area contributed by atoms with Gasteiger partial charge in [-0.1, -0.05) is 6.07 Å².